The van der Waals surface area contributed by atoms with Crippen molar-refractivity contribution in [3.8, 4) is 5.75 Å². The van der Waals surface area contributed by atoms with Crippen LogP contribution in [0.1, 0.15) is 77.7 Å². The molecule has 3 saturated carbocycles. The van der Waals surface area contributed by atoms with Gasteiger partial charge < -0.3 is 15.3 Å². The topological polar surface area (TPSA) is 88.0 Å². The van der Waals surface area contributed by atoms with Crippen LogP contribution in [0.4, 0.5) is 0 Å². The lowest BCUT2D eigenvalue weighted by molar-refractivity contribution is -0.128. The van der Waals surface area contributed by atoms with E-state index in [-0.39, 0.29) is 35.0 Å². The van der Waals surface area contributed by atoms with Gasteiger partial charge in [0.1, 0.15) is 11.5 Å². The fraction of sp³-hybridized carbons (Fsp3) is 0.645. The molecule has 0 bridgehead atoms. The SMILES string of the molecule is CC(=O)[C@@H]1CC[C@@H]2[C@@H]3CCC4=CC(=NOCC(=O)NCCc5ccc(O)cc5)CC[C@]4(C)[C@@H]3CC[C@@]21C. The molecule has 0 aliphatic heterocycles. The Morgan fingerprint density at radius 1 is 1.05 bits per heavy atom. The number of phenolic OH excluding ortho intramolecular Hbond substituents is 1. The van der Waals surface area contributed by atoms with Crippen molar-refractivity contribution in [1.82, 2.24) is 5.32 Å². The normalized spacial score (nSPS) is 35.6. The van der Waals surface area contributed by atoms with E-state index >= 15 is 0 Å². The van der Waals surface area contributed by atoms with Crippen molar-refractivity contribution in [2.24, 2.45) is 39.7 Å². The number of nitrogens with zero attached hydrogens (tertiary/aromatic N) is 1. The standard InChI is InChI=1S/C31H42N2O4/c1-20(34)26-10-11-27-25-9-6-22-18-23(12-15-30(22,2)28(25)13-16-31(26,27)3)33-37-19-29(36)32-17-14-21-4-7-24(35)8-5-21/h4-5,7-8,18,25-28,35H,6,9-17,19H2,1-3H3,(H,32,36)/t25-,26-,27+,28+,30-,31+/m0/s1. The first-order valence-electron chi connectivity index (χ1n) is 14.2. The number of benzene rings is 1. The number of allylic oxidation sites excluding steroid dienone is 2. The molecule has 1 aromatic carbocycles. The fourth-order valence-electron chi connectivity index (χ4n) is 8.54. The van der Waals surface area contributed by atoms with Crippen molar-refractivity contribution in [3.05, 3.63) is 41.5 Å². The van der Waals surface area contributed by atoms with Gasteiger partial charge in [-0.15, -0.1) is 0 Å². The van der Waals surface area contributed by atoms with Crippen molar-refractivity contribution in [2.75, 3.05) is 13.2 Å². The summed E-state index contributed by atoms with van der Waals surface area (Å²) < 4.78 is 0. The summed E-state index contributed by atoms with van der Waals surface area (Å²) in [6.07, 6.45) is 11.9. The second-order valence-corrected chi connectivity index (χ2v) is 12.4. The molecule has 1 amide bonds. The molecule has 6 atom stereocenters. The summed E-state index contributed by atoms with van der Waals surface area (Å²) in [6.45, 7) is 7.12. The highest BCUT2D eigenvalue weighted by atomic mass is 16.6. The fourth-order valence-corrected chi connectivity index (χ4v) is 8.54. The number of amides is 1. The second-order valence-electron chi connectivity index (χ2n) is 12.4. The van der Waals surface area contributed by atoms with Crippen molar-refractivity contribution >= 4 is 17.4 Å². The number of carbonyl (C=O) groups is 2. The van der Waals surface area contributed by atoms with Gasteiger partial charge in [0.2, 0.25) is 0 Å². The highest BCUT2D eigenvalue weighted by Gasteiger charge is 2.59. The minimum Gasteiger partial charge on any atom is -0.508 e. The Kier molecular flexibility index (Phi) is 7.21. The van der Waals surface area contributed by atoms with E-state index < -0.39 is 0 Å². The molecule has 200 valence electrons. The Labute approximate surface area is 220 Å². The molecule has 0 radical (unpaired) electrons. The zero-order chi connectivity index (χ0) is 26.2. The summed E-state index contributed by atoms with van der Waals surface area (Å²) in [5, 5.41) is 16.6. The minimum atomic E-state index is -0.178. The van der Waals surface area contributed by atoms with E-state index in [0.717, 1.165) is 42.9 Å². The smallest absolute Gasteiger partial charge is 0.260 e. The number of Topliss-reactive ketones (excluding diaryl/α,β-unsaturated/α-hetero) is 1. The predicted molar refractivity (Wildman–Crippen MR) is 144 cm³/mol. The first-order chi connectivity index (χ1) is 17.7. The lowest BCUT2D eigenvalue weighted by Crippen LogP contribution is -2.51. The van der Waals surface area contributed by atoms with Gasteiger partial charge in [-0.25, -0.2) is 0 Å². The Morgan fingerprint density at radius 2 is 1.84 bits per heavy atom. The molecule has 0 aromatic heterocycles. The summed E-state index contributed by atoms with van der Waals surface area (Å²) in [5.41, 5.74) is 3.92. The van der Waals surface area contributed by atoms with Gasteiger partial charge in [0.05, 0.1) is 5.71 Å². The molecule has 0 unspecified atom stereocenters. The average Bonchev–Trinajstić information content (AvgIpc) is 3.23. The van der Waals surface area contributed by atoms with Gasteiger partial charge in [0.25, 0.3) is 5.91 Å². The molecule has 4 aliphatic rings. The maximum atomic E-state index is 12.4. The van der Waals surface area contributed by atoms with Gasteiger partial charge in [-0.3, -0.25) is 9.59 Å². The molecule has 4 aliphatic carbocycles. The third-order valence-corrected chi connectivity index (χ3v) is 10.5. The minimum absolute atomic E-state index is 0.0816. The number of fused-ring (bicyclic) bond motifs is 5. The molecule has 6 heteroatoms. The quantitative estimate of drug-likeness (QED) is 0.472. The molecule has 2 N–H and O–H groups in total. The van der Waals surface area contributed by atoms with Crippen LogP contribution in [0.3, 0.4) is 0 Å². The van der Waals surface area contributed by atoms with Gasteiger partial charge in [0.15, 0.2) is 6.61 Å². The molecule has 0 saturated heterocycles. The van der Waals surface area contributed by atoms with Crippen LogP contribution in [0.5, 0.6) is 5.75 Å². The molecule has 0 heterocycles. The average molecular weight is 507 g/mol. The molecule has 6 nitrogen and oxygen atoms in total. The van der Waals surface area contributed by atoms with E-state index in [1.54, 1.807) is 19.1 Å². The molecule has 1 aromatic rings. The summed E-state index contributed by atoms with van der Waals surface area (Å²) in [7, 11) is 0. The van der Waals surface area contributed by atoms with Gasteiger partial charge in [-0.2, -0.15) is 0 Å². The first kappa shape index (κ1) is 26.0. The highest BCUT2D eigenvalue weighted by Crippen LogP contribution is 2.66. The Bertz CT molecular complexity index is 1090. The molecule has 0 spiro atoms. The maximum absolute atomic E-state index is 12.4. The second kappa shape index (κ2) is 10.3. The molecular formula is C31H42N2O4. The lowest BCUT2D eigenvalue weighted by Gasteiger charge is -2.58. The molecule has 3 fully saturated rings. The van der Waals surface area contributed by atoms with Crippen LogP contribution in [-0.4, -0.2) is 35.7 Å². The van der Waals surface area contributed by atoms with Crippen LogP contribution in [0, 0.1) is 34.5 Å². The molecule has 5 rings (SSSR count). The lowest BCUT2D eigenvalue weighted by atomic mass is 9.46. The largest absolute Gasteiger partial charge is 0.508 e. The van der Waals surface area contributed by atoms with Crippen LogP contribution in [0.25, 0.3) is 0 Å². The van der Waals surface area contributed by atoms with Crippen molar-refractivity contribution in [1.29, 1.82) is 0 Å². The van der Waals surface area contributed by atoms with E-state index in [9.17, 15) is 14.7 Å². The van der Waals surface area contributed by atoms with Crippen LogP contribution in [0.2, 0.25) is 0 Å². The van der Waals surface area contributed by atoms with Gasteiger partial charge in [0, 0.05) is 12.5 Å². The van der Waals surface area contributed by atoms with E-state index in [1.807, 2.05) is 12.1 Å². The summed E-state index contributed by atoms with van der Waals surface area (Å²) in [5.74, 6) is 2.83. The molecular weight excluding hydrogens is 464 g/mol. The van der Waals surface area contributed by atoms with Gasteiger partial charge >= 0.3 is 0 Å². The van der Waals surface area contributed by atoms with Gasteiger partial charge in [-0.1, -0.05) is 36.7 Å². The monoisotopic (exact) mass is 506 g/mol. The zero-order valence-electron chi connectivity index (χ0n) is 22.6. The number of phenols is 1. The predicted octanol–water partition coefficient (Wildman–Crippen LogP) is 5.59. The number of nitrogens with one attached hydrogen (secondary N) is 1. The number of carbonyl (C=O) groups excluding carboxylic acids is 2. The summed E-state index contributed by atoms with van der Waals surface area (Å²) in [4.78, 5) is 30.0. The number of ketones is 1. The third-order valence-electron chi connectivity index (χ3n) is 10.5. The number of hydrogen-bond donors (Lipinski definition) is 2. The number of oxime groups is 1. The Balaban J connectivity index is 1.15. The van der Waals surface area contributed by atoms with Crippen molar-refractivity contribution in [3.63, 3.8) is 0 Å². The highest BCUT2D eigenvalue weighted by molar-refractivity contribution is 5.96. The summed E-state index contributed by atoms with van der Waals surface area (Å²) in [6, 6.07) is 7.00. The number of hydrogen-bond acceptors (Lipinski definition) is 5. The third kappa shape index (κ3) is 4.96. The van der Waals surface area contributed by atoms with E-state index in [4.69, 9.17) is 4.84 Å². The van der Waals surface area contributed by atoms with Crippen molar-refractivity contribution < 1.29 is 19.5 Å². The summed E-state index contributed by atoms with van der Waals surface area (Å²) >= 11 is 0. The first-order valence-corrected chi connectivity index (χ1v) is 14.2. The number of rotatable bonds is 7. The zero-order valence-corrected chi connectivity index (χ0v) is 22.6. The van der Waals surface area contributed by atoms with E-state index in [2.05, 4.69) is 30.4 Å². The Morgan fingerprint density at radius 3 is 2.59 bits per heavy atom. The maximum Gasteiger partial charge on any atom is 0.260 e. The van der Waals surface area contributed by atoms with Crippen LogP contribution in [-0.2, 0) is 20.8 Å². The van der Waals surface area contributed by atoms with Crippen molar-refractivity contribution in [2.45, 2.75) is 78.6 Å². The Hall–Kier alpha value is -2.63. The number of aromatic hydroxyl groups is 1. The molecule has 37 heavy (non-hydrogen) atoms. The van der Waals surface area contributed by atoms with Crippen LogP contribution < -0.4 is 5.32 Å². The van der Waals surface area contributed by atoms with Gasteiger partial charge in [-0.05, 0) is 117 Å². The van der Waals surface area contributed by atoms with E-state index in [1.165, 1.54) is 31.3 Å². The van der Waals surface area contributed by atoms with Crippen LogP contribution in [0.15, 0.2) is 41.1 Å². The van der Waals surface area contributed by atoms with E-state index in [0.29, 0.717) is 30.6 Å². The van der Waals surface area contributed by atoms with Crippen LogP contribution >= 0.6 is 0 Å².